The summed E-state index contributed by atoms with van der Waals surface area (Å²) in [6.07, 6.45) is 0. The van der Waals surface area contributed by atoms with Crippen LogP contribution >= 0.6 is 0 Å². The van der Waals surface area contributed by atoms with Crippen molar-refractivity contribution in [2.45, 2.75) is 6.92 Å². The summed E-state index contributed by atoms with van der Waals surface area (Å²) in [5.41, 5.74) is 8.61. The number of anilines is 5. The van der Waals surface area contributed by atoms with Crippen molar-refractivity contribution in [2.24, 2.45) is 7.05 Å². The number of aromatic nitrogens is 1. The second kappa shape index (κ2) is 11.3. The van der Waals surface area contributed by atoms with E-state index in [1.165, 1.54) is 28.5 Å². The molecule has 0 fully saturated rings. The van der Waals surface area contributed by atoms with Crippen LogP contribution in [0.1, 0.15) is 5.56 Å². The summed E-state index contributed by atoms with van der Waals surface area (Å²) in [5.74, 6) is 1.37. The average Bonchev–Trinajstić information content (AvgIpc) is 3.34. The lowest BCUT2D eigenvalue weighted by molar-refractivity contribution is 0.482. The van der Waals surface area contributed by atoms with Gasteiger partial charge in [-0.3, -0.25) is 0 Å². The highest BCUT2D eigenvalue weighted by Crippen LogP contribution is 2.40. The first-order chi connectivity index (χ1) is 21.4. The van der Waals surface area contributed by atoms with Gasteiger partial charge in [0.15, 0.2) is 0 Å². The van der Waals surface area contributed by atoms with Gasteiger partial charge in [-0.2, -0.15) is 0 Å². The Hall–Kier alpha value is -5.55. The molecule has 7 rings (SSSR count). The van der Waals surface area contributed by atoms with Crippen LogP contribution in [0.15, 0.2) is 140 Å². The van der Waals surface area contributed by atoms with Gasteiger partial charge in [0, 0.05) is 53.3 Å². The SMILES string of the molecule is Cc1ccc(Oc2ccc(N(c3ccccc3)c3ccc4c5ccc(N(C)c6ccc(F)cc6)cc5n(C)c4c3)cc2)cc1. The molecule has 6 aromatic carbocycles. The smallest absolute Gasteiger partial charge is 0.127 e. The van der Waals surface area contributed by atoms with Crippen molar-refractivity contribution >= 4 is 50.2 Å². The maximum absolute atomic E-state index is 13.5. The van der Waals surface area contributed by atoms with Crippen molar-refractivity contribution in [3.05, 3.63) is 151 Å². The fourth-order valence-corrected chi connectivity index (χ4v) is 5.77. The summed E-state index contributed by atoms with van der Waals surface area (Å²) in [6.45, 7) is 2.07. The molecule has 4 nitrogen and oxygen atoms in total. The maximum Gasteiger partial charge on any atom is 0.127 e. The van der Waals surface area contributed by atoms with Crippen LogP contribution in [-0.2, 0) is 7.05 Å². The van der Waals surface area contributed by atoms with Crippen molar-refractivity contribution < 1.29 is 9.13 Å². The minimum absolute atomic E-state index is 0.238. The van der Waals surface area contributed by atoms with Gasteiger partial charge in [-0.25, -0.2) is 4.39 Å². The standard InChI is InChI=1S/C39H32FN3O/c1-27-9-19-34(20-10-27)44-35-21-15-31(16-22-35)43(30-7-5-4-6-8-30)33-18-24-37-36-23-17-32(25-38(36)42(3)39(37)26-33)41(2)29-13-11-28(40)12-14-29/h4-26H,1-3H3. The summed E-state index contributed by atoms with van der Waals surface area (Å²) in [5, 5.41) is 2.38. The Morgan fingerprint density at radius 1 is 0.545 bits per heavy atom. The highest BCUT2D eigenvalue weighted by Gasteiger charge is 2.17. The summed E-state index contributed by atoms with van der Waals surface area (Å²) in [7, 11) is 4.12. The second-order valence-corrected chi connectivity index (χ2v) is 11.1. The number of hydrogen-bond acceptors (Lipinski definition) is 3. The van der Waals surface area contributed by atoms with E-state index < -0.39 is 0 Å². The molecule has 0 spiro atoms. The first-order valence-corrected chi connectivity index (χ1v) is 14.7. The van der Waals surface area contributed by atoms with Crippen molar-refractivity contribution in [3.63, 3.8) is 0 Å². The van der Waals surface area contributed by atoms with Gasteiger partial charge < -0.3 is 19.1 Å². The van der Waals surface area contributed by atoms with Gasteiger partial charge in [-0.1, -0.05) is 48.0 Å². The number of nitrogens with zero attached hydrogens (tertiary/aromatic N) is 3. The third-order valence-electron chi connectivity index (χ3n) is 8.20. The molecule has 0 amide bonds. The van der Waals surface area contributed by atoms with Gasteiger partial charge in [0.2, 0.25) is 0 Å². The fraction of sp³-hybridized carbons (Fsp3) is 0.0769. The molecule has 5 heteroatoms. The molecule has 1 aromatic heterocycles. The quantitative estimate of drug-likeness (QED) is 0.188. The molecule has 0 aliphatic carbocycles. The number of hydrogen-bond donors (Lipinski definition) is 0. The molecule has 0 N–H and O–H groups in total. The molecular weight excluding hydrogens is 545 g/mol. The third kappa shape index (κ3) is 5.13. The molecule has 0 unspecified atom stereocenters. The highest BCUT2D eigenvalue weighted by atomic mass is 19.1. The van der Waals surface area contributed by atoms with E-state index in [1.807, 2.05) is 37.4 Å². The predicted octanol–water partition coefficient (Wildman–Crippen LogP) is 10.8. The highest BCUT2D eigenvalue weighted by molar-refractivity contribution is 6.10. The van der Waals surface area contributed by atoms with E-state index in [9.17, 15) is 4.39 Å². The zero-order chi connectivity index (χ0) is 30.2. The van der Waals surface area contributed by atoms with E-state index in [4.69, 9.17) is 4.74 Å². The predicted molar refractivity (Wildman–Crippen MR) is 181 cm³/mol. The van der Waals surface area contributed by atoms with Crippen molar-refractivity contribution in [1.29, 1.82) is 0 Å². The fourth-order valence-electron chi connectivity index (χ4n) is 5.77. The van der Waals surface area contributed by atoms with E-state index in [2.05, 4.69) is 113 Å². The Kier molecular flexibility index (Phi) is 6.99. The molecule has 0 aliphatic heterocycles. The van der Waals surface area contributed by atoms with Crippen LogP contribution in [0, 0.1) is 12.7 Å². The molecule has 0 saturated heterocycles. The van der Waals surface area contributed by atoms with Crippen molar-refractivity contribution in [3.8, 4) is 11.5 Å². The summed E-state index contributed by atoms with van der Waals surface area (Å²) >= 11 is 0. The third-order valence-corrected chi connectivity index (χ3v) is 8.20. The average molecular weight is 578 g/mol. The van der Waals surface area contributed by atoms with E-state index in [1.54, 1.807) is 12.1 Å². The Balaban J connectivity index is 1.26. The minimum Gasteiger partial charge on any atom is -0.457 e. The Morgan fingerprint density at radius 2 is 1.05 bits per heavy atom. The molecule has 0 atom stereocenters. The largest absolute Gasteiger partial charge is 0.457 e. The molecule has 0 aliphatic rings. The normalized spacial score (nSPS) is 11.2. The van der Waals surface area contributed by atoms with Crippen LogP contribution in [0.3, 0.4) is 0 Å². The van der Waals surface area contributed by atoms with Crippen LogP contribution in [0.25, 0.3) is 21.8 Å². The number of aryl methyl sites for hydroxylation is 2. The number of benzene rings is 6. The van der Waals surface area contributed by atoms with E-state index in [0.717, 1.165) is 51.0 Å². The van der Waals surface area contributed by atoms with Gasteiger partial charge in [-0.15, -0.1) is 0 Å². The first-order valence-electron chi connectivity index (χ1n) is 14.7. The first kappa shape index (κ1) is 27.3. The molecule has 0 bridgehead atoms. The zero-order valence-electron chi connectivity index (χ0n) is 24.9. The molecule has 216 valence electrons. The number of fused-ring (bicyclic) bond motifs is 3. The molecular formula is C39H32FN3O. The van der Waals surface area contributed by atoms with Gasteiger partial charge >= 0.3 is 0 Å². The lowest BCUT2D eigenvalue weighted by Crippen LogP contribution is -2.09. The number of halogens is 1. The summed E-state index contributed by atoms with van der Waals surface area (Å²) in [6, 6.07) is 46.4. The van der Waals surface area contributed by atoms with Crippen LogP contribution < -0.4 is 14.5 Å². The van der Waals surface area contributed by atoms with Gasteiger partial charge in [0.05, 0.1) is 11.0 Å². The van der Waals surface area contributed by atoms with Gasteiger partial charge in [0.1, 0.15) is 17.3 Å². The number of para-hydroxylation sites is 1. The Labute approximate surface area is 256 Å². The second-order valence-electron chi connectivity index (χ2n) is 11.1. The zero-order valence-corrected chi connectivity index (χ0v) is 24.9. The van der Waals surface area contributed by atoms with Crippen LogP contribution in [0.5, 0.6) is 11.5 Å². The number of ether oxygens (including phenoxy) is 1. The minimum atomic E-state index is -0.238. The van der Waals surface area contributed by atoms with Crippen LogP contribution in [0.4, 0.5) is 32.8 Å². The number of rotatable bonds is 7. The molecule has 0 radical (unpaired) electrons. The van der Waals surface area contributed by atoms with Crippen molar-refractivity contribution in [2.75, 3.05) is 16.8 Å². The summed E-state index contributed by atoms with van der Waals surface area (Å²) in [4.78, 5) is 4.34. The van der Waals surface area contributed by atoms with E-state index >= 15 is 0 Å². The Bertz CT molecular complexity index is 2070. The van der Waals surface area contributed by atoms with Gasteiger partial charge in [0.25, 0.3) is 0 Å². The topological polar surface area (TPSA) is 20.6 Å². The van der Waals surface area contributed by atoms with Crippen molar-refractivity contribution in [1.82, 2.24) is 4.57 Å². The molecule has 7 aromatic rings. The maximum atomic E-state index is 13.5. The Morgan fingerprint density at radius 3 is 1.68 bits per heavy atom. The van der Waals surface area contributed by atoms with Crippen LogP contribution in [-0.4, -0.2) is 11.6 Å². The van der Waals surface area contributed by atoms with Crippen LogP contribution in [0.2, 0.25) is 0 Å². The van der Waals surface area contributed by atoms with E-state index in [0.29, 0.717) is 0 Å². The lowest BCUT2D eigenvalue weighted by Gasteiger charge is -2.26. The van der Waals surface area contributed by atoms with Gasteiger partial charge in [-0.05, 0) is 104 Å². The van der Waals surface area contributed by atoms with E-state index in [-0.39, 0.29) is 5.82 Å². The monoisotopic (exact) mass is 577 g/mol. The molecule has 0 saturated carbocycles. The molecule has 1 heterocycles. The summed E-state index contributed by atoms with van der Waals surface area (Å²) < 4.78 is 21.9. The molecule has 44 heavy (non-hydrogen) atoms. The lowest BCUT2D eigenvalue weighted by atomic mass is 10.1.